The van der Waals surface area contributed by atoms with Crippen LogP contribution >= 0.6 is 35.7 Å². The number of aromatic nitrogens is 4. The summed E-state index contributed by atoms with van der Waals surface area (Å²) in [4.78, 5) is 12.3. The van der Waals surface area contributed by atoms with E-state index in [9.17, 15) is 0 Å². The van der Waals surface area contributed by atoms with E-state index in [4.69, 9.17) is 12.2 Å². The maximum absolute atomic E-state index is 5.35. The molecule has 3 aromatic rings. The van der Waals surface area contributed by atoms with E-state index in [0.717, 1.165) is 27.2 Å². The van der Waals surface area contributed by atoms with E-state index in [1.807, 2.05) is 30.7 Å². The zero-order valence-corrected chi connectivity index (χ0v) is 13.4. The standard InChI is InChI=1S/C13H12N4S3/c1-19-12-15-10-9(11(18)16-12)14-13(20-2)17(10)8-6-4-3-5-7-8/h3-7H,1-2H3,(H,15,16,18). The lowest BCUT2D eigenvalue weighted by Crippen LogP contribution is -1.98. The lowest BCUT2D eigenvalue weighted by molar-refractivity contribution is 0.896. The SMILES string of the molecule is CSc1nc(=S)c2nc(SC)n(-c3ccccc3)c2[nH]1. The molecule has 0 saturated carbocycles. The first-order chi connectivity index (χ1) is 9.74. The molecule has 0 spiro atoms. The Morgan fingerprint density at radius 1 is 1.10 bits per heavy atom. The number of nitrogens with one attached hydrogen (secondary N) is 1. The van der Waals surface area contributed by atoms with Gasteiger partial charge in [-0.15, -0.1) is 0 Å². The quantitative estimate of drug-likeness (QED) is 0.450. The highest BCUT2D eigenvalue weighted by Crippen LogP contribution is 2.26. The summed E-state index contributed by atoms with van der Waals surface area (Å²) in [6, 6.07) is 10.1. The van der Waals surface area contributed by atoms with E-state index >= 15 is 0 Å². The van der Waals surface area contributed by atoms with Crippen LogP contribution in [0.2, 0.25) is 0 Å². The topological polar surface area (TPSA) is 46.5 Å². The van der Waals surface area contributed by atoms with Crippen LogP contribution in [0.3, 0.4) is 0 Å². The average molecular weight is 320 g/mol. The molecule has 0 aliphatic rings. The van der Waals surface area contributed by atoms with Crippen LogP contribution in [0.4, 0.5) is 0 Å². The number of benzene rings is 1. The molecule has 0 aliphatic carbocycles. The molecule has 0 unspecified atom stereocenters. The first-order valence-electron chi connectivity index (χ1n) is 5.90. The number of nitrogens with zero attached hydrogens (tertiary/aromatic N) is 3. The van der Waals surface area contributed by atoms with Crippen molar-refractivity contribution in [3.63, 3.8) is 0 Å². The van der Waals surface area contributed by atoms with E-state index in [1.165, 1.54) is 11.8 Å². The van der Waals surface area contributed by atoms with Crippen molar-refractivity contribution in [2.75, 3.05) is 12.5 Å². The number of imidazole rings is 1. The van der Waals surface area contributed by atoms with Gasteiger partial charge < -0.3 is 4.98 Å². The van der Waals surface area contributed by atoms with Gasteiger partial charge >= 0.3 is 0 Å². The molecule has 7 heteroatoms. The van der Waals surface area contributed by atoms with Crippen LogP contribution in [-0.2, 0) is 0 Å². The molecule has 4 nitrogen and oxygen atoms in total. The van der Waals surface area contributed by atoms with Crippen molar-refractivity contribution < 1.29 is 0 Å². The zero-order valence-electron chi connectivity index (χ0n) is 11.0. The second kappa shape index (κ2) is 5.59. The van der Waals surface area contributed by atoms with Crippen LogP contribution in [0, 0.1) is 4.64 Å². The van der Waals surface area contributed by atoms with E-state index in [2.05, 4.69) is 31.7 Å². The molecule has 3 rings (SSSR count). The molecule has 20 heavy (non-hydrogen) atoms. The Kier molecular flexibility index (Phi) is 3.82. The van der Waals surface area contributed by atoms with Gasteiger partial charge in [0.1, 0.15) is 11.2 Å². The molecule has 0 fully saturated rings. The Hall–Kier alpha value is -1.31. The maximum atomic E-state index is 5.35. The van der Waals surface area contributed by atoms with E-state index in [0.29, 0.717) is 4.64 Å². The lowest BCUT2D eigenvalue weighted by atomic mass is 10.3. The van der Waals surface area contributed by atoms with Gasteiger partial charge in [0.15, 0.2) is 15.0 Å². The lowest BCUT2D eigenvalue weighted by Gasteiger charge is -2.07. The predicted octanol–water partition coefficient (Wildman–Crippen LogP) is 3.92. The van der Waals surface area contributed by atoms with Gasteiger partial charge in [0, 0.05) is 5.69 Å². The van der Waals surface area contributed by atoms with Crippen LogP contribution in [0.1, 0.15) is 0 Å². The highest BCUT2D eigenvalue weighted by molar-refractivity contribution is 7.98. The third kappa shape index (κ3) is 2.25. The summed E-state index contributed by atoms with van der Waals surface area (Å²) in [6.07, 6.45) is 3.98. The summed E-state index contributed by atoms with van der Waals surface area (Å²) in [5, 5.41) is 1.70. The number of fused-ring (bicyclic) bond motifs is 1. The minimum absolute atomic E-state index is 0.535. The molecule has 0 atom stereocenters. The molecule has 1 aromatic carbocycles. The molecule has 0 bridgehead atoms. The summed E-state index contributed by atoms with van der Waals surface area (Å²) in [5.74, 6) is 0. The van der Waals surface area contributed by atoms with Crippen LogP contribution in [-0.4, -0.2) is 32.0 Å². The number of hydrogen-bond donors (Lipinski definition) is 1. The van der Waals surface area contributed by atoms with Gasteiger partial charge in [-0.25, -0.2) is 9.97 Å². The Labute approximate surface area is 130 Å². The summed E-state index contributed by atoms with van der Waals surface area (Å²) < 4.78 is 2.62. The minimum Gasteiger partial charge on any atom is -0.319 e. The molecule has 2 aromatic heterocycles. The van der Waals surface area contributed by atoms with Crippen LogP contribution in [0.5, 0.6) is 0 Å². The smallest absolute Gasteiger partial charge is 0.174 e. The van der Waals surface area contributed by atoms with Crippen molar-refractivity contribution in [2.24, 2.45) is 0 Å². The van der Waals surface area contributed by atoms with Crippen molar-refractivity contribution >= 4 is 46.9 Å². The van der Waals surface area contributed by atoms with Gasteiger partial charge in [0.2, 0.25) is 0 Å². The Morgan fingerprint density at radius 2 is 1.85 bits per heavy atom. The number of aromatic amines is 1. The largest absolute Gasteiger partial charge is 0.319 e. The fourth-order valence-electron chi connectivity index (χ4n) is 1.99. The third-order valence-electron chi connectivity index (χ3n) is 2.87. The van der Waals surface area contributed by atoms with Crippen LogP contribution < -0.4 is 0 Å². The van der Waals surface area contributed by atoms with Gasteiger partial charge in [-0.3, -0.25) is 4.57 Å². The van der Waals surface area contributed by atoms with Crippen molar-refractivity contribution in [1.29, 1.82) is 0 Å². The van der Waals surface area contributed by atoms with Crippen LogP contribution in [0.25, 0.3) is 16.9 Å². The van der Waals surface area contributed by atoms with Gasteiger partial charge in [-0.05, 0) is 24.6 Å². The zero-order chi connectivity index (χ0) is 14.1. The van der Waals surface area contributed by atoms with Gasteiger partial charge in [0.05, 0.1) is 0 Å². The molecule has 102 valence electrons. The molecule has 0 aliphatic heterocycles. The molecule has 1 N–H and O–H groups in total. The highest BCUT2D eigenvalue weighted by atomic mass is 32.2. The van der Waals surface area contributed by atoms with Gasteiger partial charge in [0.25, 0.3) is 0 Å². The van der Waals surface area contributed by atoms with E-state index in [1.54, 1.807) is 11.8 Å². The highest BCUT2D eigenvalue weighted by Gasteiger charge is 2.14. The molecular formula is C13H12N4S3. The van der Waals surface area contributed by atoms with Crippen molar-refractivity contribution in [2.45, 2.75) is 10.3 Å². The van der Waals surface area contributed by atoms with E-state index in [-0.39, 0.29) is 0 Å². The summed E-state index contributed by atoms with van der Waals surface area (Å²) in [6.45, 7) is 0. The molecule has 0 radical (unpaired) electrons. The Bertz CT molecular complexity index is 808. The van der Waals surface area contributed by atoms with Crippen molar-refractivity contribution in [3.8, 4) is 5.69 Å². The fraction of sp³-hybridized carbons (Fsp3) is 0.154. The van der Waals surface area contributed by atoms with Crippen molar-refractivity contribution in [1.82, 2.24) is 19.5 Å². The number of hydrogen-bond acceptors (Lipinski definition) is 5. The molecular weight excluding hydrogens is 308 g/mol. The van der Waals surface area contributed by atoms with Gasteiger partial charge in [-0.2, -0.15) is 0 Å². The fourth-order valence-corrected chi connectivity index (χ4v) is 3.22. The maximum Gasteiger partial charge on any atom is 0.174 e. The average Bonchev–Trinajstić information content (AvgIpc) is 2.87. The second-order valence-corrected chi connectivity index (χ2v) is 5.97. The molecule has 0 amide bonds. The summed E-state index contributed by atoms with van der Waals surface area (Å²) in [7, 11) is 0. The third-order valence-corrected chi connectivity index (χ3v) is 4.37. The van der Waals surface area contributed by atoms with Crippen molar-refractivity contribution in [3.05, 3.63) is 35.0 Å². The normalized spacial score (nSPS) is 11.1. The van der Waals surface area contributed by atoms with E-state index < -0.39 is 0 Å². The Morgan fingerprint density at radius 3 is 2.50 bits per heavy atom. The monoisotopic (exact) mass is 320 g/mol. The predicted molar refractivity (Wildman–Crippen MR) is 87.6 cm³/mol. The Balaban J connectivity index is 2.40. The molecule has 2 heterocycles. The number of thioether (sulfide) groups is 2. The van der Waals surface area contributed by atoms with Crippen LogP contribution in [0.15, 0.2) is 40.6 Å². The number of rotatable bonds is 3. The first kappa shape index (κ1) is 13.7. The summed E-state index contributed by atoms with van der Waals surface area (Å²) >= 11 is 8.48. The van der Waals surface area contributed by atoms with Gasteiger partial charge in [-0.1, -0.05) is 53.9 Å². The first-order valence-corrected chi connectivity index (χ1v) is 8.76. The molecule has 0 saturated heterocycles. The second-order valence-electron chi connectivity index (χ2n) is 4.02. The summed E-state index contributed by atoms with van der Waals surface area (Å²) in [5.41, 5.74) is 2.69. The number of H-pyrrole nitrogens is 1. The number of para-hydroxylation sites is 1. The minimum atomic E-state index is 0.535.